The second-order valence-corrected chi connectivity index (χ2v) is 8.94. The van der Waals surface area contributed by atoms with Gasteiger partial charge in [0.1, 0.15) is 0 Å². The fourth-order valence-electron chi connectivity index (χ4n) is 4.12. The second kappa shape index (κ2) is 9.06. The summed E-state index contributed by atoms with van der Waals surface area (Å²) in [6.07, 6.45) is 3.16. The summed E-state index contributed by atoms with van der Waals surface area (Å²) in [7, 11) is 0. The molecule has 0 aliphatic carbocycles. The highest BCUT2D eigenvalue weighted by Gasteiger charge is 2.34. The lowest BCUT2D eigenvalue weighted by Gasteiger charge is -2.30. The Morgan fingerprint density at radius 1 is 1.23 bits per heavy atom. The Labute approximate surface area is 180 Å². The number of thiazole rings is 1. The van der Waals surface area contributed by atoms with Crippen molar-refractivity contribution in [3.05, 3.63) is 46.5 Å². The van der Waals surface area contributed by atoms with Crippen LogP contribution in [0.4, 0.5) is 5.13 Å². The van der Waals surface area contributed by atoms with Crippen LogP contribution in [-0.4, -0.2) is 52.1 Å². The summed E-state index contributed by atoms with van der Waals surface area (Å²) in [5.74, 6) is -0.00182. The maximum Gasteiger partial charge on any atom is 0.261 e. The van der Waals surface area contributed by atoms with Crippen molar-refractivity contribution in [2.75, 3.05) is 25.0 Å². The van der Waals surface area contributed by atoms with Gasteiger partial charge < -0.3 is 5.32 Å². The second-order valence-electron chi connectivity index (χ2n) is 8.09. The van der Waals surface area contributed by atoms with Crippen LogP contribution >= 0.6 is 11.3 Å². The van der Waals surface area contributed by atoms with Crippen LogP contribution < -0.4 is 5.32 Å². The van der Waals surface area contributed by atoms with Crippen molar-refractivity contribution in [3.8, 4) is 0 Å². The zero-order valence-electron chi connectivity index (χ0n) is 17.1. The van der Waals surface area contributed by atoms with E-state index in [0.717, 1.165) is 31.2 Å². The predicted molar refractivity (Wildman–Crippen MR) is 115 cm³/mol. The van der Waals surface area contributed by atoms with Gasteiger partial charge in [0.15, 0.2) is 5.13 Å². The van der Waals surface area contributed by atoms with Gasteiger partial charge in [-0.2, -0.15) is 0 Å². The van der Waals surface area contributed by atoms with Crippen LogP contribution in [0.3, 0.4) is 0 Å². The number of fused-ring (bicyclic) bond motifs is 1. The Kier molecular flexibility index (Phi) is 6.24. The largest absolute Gasteiger partial charge is 0.302 e. The molecule has 30 heavy (non-hydrogen) atoms. The zero-order chi connectivity index (χ0) is 21.1. The third-order valence-electron chi connectivity index (χ3n) is 5.59. The van der Waals surface area contributed by atoms with Crippen molar-refractivity contribution in [1.82, 2.24) is 14.8 Å². The molecule has 1 saturated heterocycles. The lowest BCUT2D eigenvalue weighted by molar-refractivity contribution is -0.116. The number of rotatable bonds is 7. The minimum Gasteiger partial charge on any atom is -0.302 e. The van der Waals surface area contributed by atoms with Gasteiger partial charge in [0.2, 0.25) is 5.91 Å². The van der Waals surface area contributed by atoms with E-state index in [4.69, 9.17) is 0 Å². The topological polar surface area (TPSA) is 82.6 Å². The van der Waals surface area contributed by atoms with Gasteiger partial charge in [-0.1, -0.05) is 19.1 Å². The molecule has 1 atom stereocenters. The van der Waals surface area contributed by atoms with E-state index >= 15 is 0 Å². The smallest absolute Gasteiger partial charge is 0.261 e. The summed E-state index contributed by atoms with van der Waals surface area (Å²) >= 11 is 1.43. The molecule has 0 spiro atoms. The number of amides is 3. The molecule has 0 bridgehead atoms. The number of piperidine rings is 1. The van der Waals surface area contributed by atoms with Crippen molar-refractivity contribution in [2.24, 2.45) is 5.92 Å². The minimum absolute atomic E-state index is 0.154. The quantitative estimate of drug-likeness (QED) is 0.686. The average Bonchev–Trinajstić information content (AvgIpc) is 3.26. The van der Waals surface area contributed by atoms with Crippen LogP contribution in [0.1, 0.15) is 59.0 Å². The normalized spacial score (nSPS) is 19.2. The Morgan fingerprint density at radius 3 is 2.67 bits per heavy atom. The van der Waals surface area contributed by atoms with E-state index in [9.17, 15) is 14.4 Å². The molecule has 1 N–H and O–H groups in total. The fourth-order valence-corrected chi connectivity index (χ4v) is 4.84. The Balaban J connectivity index is 1.23. The van der Waals surface area contributed by atoms with E-state index < -0.39 is 0 Å². The first-order valence-corrected chi connectivity index (χ1v) is 11.3. The molecule has 0 saturated carbocycles. The number of hydrogen-bond donors (Lipinski definition) is 1. The van der Waals surface area contributed by atoms with Gasteiger partial charge in [0, 0.05) is 31.4 Å². The molecule has 1 unspecified atom stereocenters. The number of benzene rings is 1. The molecule has 3 amide bonds. The third-order valence-corrected chi connectivity index (χ3v) is 6.40. The zero-order valence-corrected chi connectivity index (χ0v) is 17.9. The first-order chi connectivity index (χ1) is 14.5. The Morgan fingerprint density at radius 2 is 1.97 bits per heavy atom. The number of likely N-dealkylation sites (tertiary alicyclic amines) is 1. The standard InChI is InChI=1S/C22H26N4O3S/c1-15-6-4-10-25(12-15)13-16-14-30-22(23-16)24-19(27)9-5-11-26-20(28)17-7-2-3-8-18(17)21(26)29/h2-3,7-8,14-15H,4-6,9-13H2,1H3,(H,23,24,27). The summed E-state index contributed by atoms with van der Waals surface area (Å²) in [6, 6.07) is 6.81. The summed E-state index contributed by atoms with van der Waals surface area (Å²) in [4.78, 5) is 45.1. The van der Waals surface area contributed by atoms with E-state index in [1.165, 1.54) is 29.1 Å². The van der Waals surface area contributed by atoms with Crippen molar-refractivity contribution < 1.29 is 14.4 Å². The monoisotopic (exact) mass is 426 g/mol. The van der Waals surface area contributed by atoms with Crippen LogP contribution in [0.15, 0.2) is 29.6 Å². The lowest BCUT2D eigenvalue weighted by atomic mass is 10.0. The number of nitrogens with zero attached hydrogens (tertiary/aromatic N) is 3. The van der Waals surface area contributed by atoms with Crippen LogP contribution in [0.2, 0.25) is 0 Å². The number of carbonyl (C=O) groups excluding carboxylic acids is 3. The molecule has 0 radical (unpaired) electrons. The number of aromatic nitrogens is 1. The number of anilines is 1. The molecule has 1 aromatic carbocycles. The first kappa shape index (κ1) is 20.7. The lowest BCUT2D eigenvalue weighted by Crippen LogP contribution is -2.33. The maximum atomic E-state index is 12.4. The molecule has 1 aromatic heterocycles. The number of carbonyl (C=O) groups is 3. The van der Waals surface area contributed by atoms with Gasteiger partial charge in [0.25, 0.3) is 11.8 Å². The van der Waals surface area contributed by atoms with E-state index in [2.05, 4.69) is 22.1 Å². The Hall–Kier alpha value is -2.58. The van der Waals surface area contributed by atoms with E-state index in [0.29, 0.717) is 22.7 Å². The molecule has 8 heteroatoms. The molecule has 2 aliphatic rings. The predicted octanol–water partition coefficient (Wildman–Crippen LogP) is 3.39. The van der Waals surface area contributed by atoms with Crippen LogP contribution in [0.25, 0.3) is 0 Å². The number of hydrogen-bond acceptors (Lipinski definition) is 6. The molecular formula is C22H26N4O3S. The van der Waals surface area contributed by atoms with Crippen LogP contribution in [0, 0.1) is 5.92 Å². The van der Waals surface area contributed by atoms with Crippen LogP contribution in [0.5, 0.6) is 0 Å². The number of imide groups is 1. The molecule has 4 rings (SSSR count). The summed E-state index contributed by atoms with van der Waals surface area (Å²) < 4.78 is 0. The third kappa shape index (κ3) is 4.60. The van der Waals surface area contributed by atoms with Crippen molar-refractivity contribution in [1.29, 1.82) is 0 Å². The highest BCUT2D eigenvalue weighted by atomic mass is 32.1. The SMILES string of the molecule is CC1CCCN(Cc2csc(NC(=O)CCCN3C(=O)c4ccccc4C3=O)n2)C1. The summed E-state index contributed by atoms with van der Waals surface area (Å²) in [6.45, 7) is 5.52. The Bertz CT molecular complexity index is 922. The number of nitrogens with one attached hydrogen (secondary N) is 1. The highest BCUT2D eigenvalue weighted by Crippen LogP contribution is 2.23. The summed E-state index contributed by atoms with van der Waals surface area (Å²) in [5, 5.41) is 5.43. The van der Waals surface area contributed by atoms with Crippen molar-refractivity contribution in [2.45, 2.75) is 39.2 Å². The molecule has 2 aromatic rings. The van der Waals surface area contributed by atoms with Gasteiger partial charge in [0.05, 0.1) is 16.8 Å². The first-order valence-electron chi connectivity index (χ1n) is 10.4. The van der Waals surface area contributed by atoms with Crippen LogP contribution in [-0.2, 0) is 11.3 Å². The van der Waals surface area contributed by atoms with E-state index in [1.807, 2.05) is 5.38 Å². The van der Waals surface area contributed by atoms with E-state index in [-0.39, 0.29) is 30.7 Å². The molecule has 3 heterocycles. The molecule has 1 fully saturated rings. The summed E-state index contributed by atoms with van der Waals surface area (Å²) in [5.41, 5.74) is 1.85. The average molecular weight is 427 g/mol. The van der Waals surface area contributed by atoms with E-state index in [1.54, 1.807) is 24.3 Å². The van der Waals surface area contributed by atoms with Gasteiger partial charge in [-0.05, 0) is 43.9 Å². The fraction of sp³-hybridized carbons (Fsp3) is 0.455. The maximum absolute atomic E-state index is 12.4. The van der Waals surface area contributed by atoms with Gasteiger partial charge in [-0.3, -0.25) is 24.2 Å². The molecule has 7 nitrogen and oxygen atoms in total. The molecular weight excluding hydrogens is 400 g/mol. The molecule has 2 aliphatic heterocycles. The van der Waals surface area contributed by atoms with Crippen molar-refractivity contribution in [3.63, 3.8) is 0 Å². The van der Waals surface area contributed by atoms with Gasteiger partial charge in [-0.15, -0.1) is 11.3 Å². The highest BCUT2D eigenvalue weighted by molar-refractivity contribution is 7.13. The molecule has 158 valence electrons. The van der Waals surface area contributed by atoms with Crippen molar-refractivity contribution >= 4 is 34.2 Å². The van der Waals surface area contributed by atoms with Gasteiger partial charge >= 0.3 is 0 Å². The minimum atomic E-state index is -0.285. The van der Waals surface area contributed by atoms with Gasteiger partial charge in [-0.25, -0.2) is 4.98 Å².